The van der Waals surface area contributed by atoms with Gasteiger partial charge in [-0.05, 0) is 42.3 Å². The molecule has 5 nitrogen and oxygen atoms in total. The summed E-state index contributed by atoms with van der Waals surface area (Å²) in [7, 11) is 0. The van der Waals surface area contributed by atoms with Gasteiger partial charge in [-0.1, -0.05) is 41.9 Å². The fraction of sp³-hybridized carbons (Fsp3) is 0.200. The molecule has 0 radical (unpaired) electrons. The molecule has 0 aliphatic rings. The third-order valence-corrected chi connectivity index (χ3v) is 4.74. The van der Waals surface area contributed by atoms with Crippen LogP contribution in [0.4, 0.5) is 0 Å². The summed E-state index contributed by atoms with van der Waals surface area (Å²) in [5, 5.41) is 13.8. The summed E-state index contributed by atoms with van der Waals surface area (Å²) in [5.74, 6) is 0.728. The van der Waals surface area contributed by atoms with Crippen molar-refractivity contribution in [2.24, 2.45) is 5.10 Å². The van der Waals surface area contributed by atoms with Crippen molar-refractivity contribution in [3.8, 4) is 6.07 Å². The highest BCUT2D eigenvalue weighted by molar-refractivity contribution is 9.10. The smallest absolute Gasteiger partial charge is 0.267 e. The summed E-state index contributed by atoms with van der Waals surface area (Å²) in [5.41, 5.74) is 1.85. The molecule has 1 aromatic heterocycles. The normalized spacial score (nSPS) is 12.4. The number of nitriles is 1. The van der Waals surface area contributed by atoms with E-state index in [1.165, 1.54) is 4.68 Å². The molecule has 3 aromatic rings. The Balaban J connectivity index is 2.15. The molecule has 0 amide bonds. The van der Waals surface area contributed by atoms with Crippen LogP contribution in [0.2, 0.25) is 0 Å². The molecule has 0 aliphatic carbocycles. The number of hydrogen-bond donors (Lipinski definition) is 0. The maximum atomic E-state index is 13.0. The topological polar surface area (TPSA) is 71.0 Å². The molecule has 0 fully saturated rings. The molecule has 0 aliphatic heterocycles. The van der Waals surface area contributed by atoms with E-state index < -0.39 is 0 Å². The second kappa shape index (κ2) is 7.63. The number of halogens is 1. The van der Waals surface area contributed by atoms with E-state index in [0.717, 1.165) is 16.5 Å². The van der Waals surface area contributed by atoms with Crippen molar-refractivity contribution in [3.63, 3.8) is 0 Å². The fourth-order valence-electron chi connectivity index (χ4n) is 2.55. The molecule has 0 saturated heterocycles. The minimum atomic E-state index is -0.198. The van der Waals surface area contributed by atoms with Gasteiger partial charge in [0.25, 0.3) is 5.56 Å². The van der Waals surface area contributed by atoms with E-state index in [4.69, 9.17) is 5.26 Å². The predicted octanol–water partition coefficient (Wildman–Crippen LogP) is 4.43. The predicted molar refractivity (Wildman–Crippen MR) is 107 cm³/mol. The van der Waals surface area contributed by atoms with Gasteiger partial charge in [-0.3, -0.25) is 4.79 Å². The van der Waals surface area contributed by atoms with Crippen molar-refractivity contribution in [2.75, 3.05) is 0 Å². The van der Waals surface area contributed by atoms with Crippen LogP contribution in [-0.4, -0.2) is 15.9 Å². The minimum absolute atomic E-state index is 0.0915. The van der Waals surface area contributed by atoms with Gasteiger partial charge in [-0.15, -0.1) is 0 Å². The number of hydrogen-bond acceptors (Lipinski definition) is 4. The Labute approximate surface area is 159 Å². The molecule has 26 heavy (non-hydrogen) atoms. The van der Waals surface area contributed by atoms with Gasteiger partial charge in [0.2, 0.25) is 0 Å². The first-order valence-corrected chi connectivity index (χ1v) is 9.09. The van der Waals surface area contributed by atoms with Crippen molar-refractivity contribution in [1.82, 2.24) is 9.66 Å². The van der Waals surface area contributed by atoms with E-state index in [-0.39, 0.29) is 11.5 Å². The van der Waals surface area contributed by atoms with E-state index in [2.05, 4.69) is 39.0 Å². The van der Waals surface area contributed by atoms with Crippen LogP contribution in [-0.2, 0) is 0 Å². The average molecular weight is 409 g/mol. The first-order chi connectivity index (χ1) is 12.5. The quantitative estimate of drug-likeness (QED) is 0.599. The summed E-state index contributed by atoms with van der Waals surface area (Å²) >= 11 is 3.40. The van der Waals surface area contributed by atoms with Crippen LogP contribution >= 0.6 is 15.9 Å². The van der Waals surface area contributed by atoms with E-state index in [1.54, 1.807) is 36.5 Å². The van der Waals surface area contributed by atoms with E-state index in [9.17, 15) is 4.79 Å². The van der Waals surface area contributed by atoms with Gasteiger partial charge in [0.15, 0.2) is 0 Å². The van der Waals surface area contributed by atoms with Crippen molar-refractivity contribution in [1.29, 1.82) is 5.26 Å². The molecule has 0 bridgehead atoms. The minimum Gasteiger partial charge on any atom is -0.267 e. The van der Waals surface area contributed by atoms with Gasteiger partial charge in [0.1, 0.15) is 5.82 Å². The standard InChI is InChI=1S/C20H17BrN4O/c1-3-13(2)19-24-18-9-8-16(21)10-17(18)20(26)25(19)23-12-15-6-4-14(11-22)5-7-15/h4-10,12-13H,3H2,1-2H3/t13-/m0/s1. The van der Waals surface area contributed by atoms with Crippen LogP contribution in [0.15, 0.2) is 56.8 Å². The lowest BCUT2D eigenvalue weighted by Gasteiger charge is -2.13. The zero-order valence-corrected chi connectivity index (χ0v) is 16.1. The van der Waals surface area contributed by atoms with Gasteiger partial charge in [0.05, 0.1) is 28.8 Å². The lowest BCUT2D eigenvalue weighted by Crippen LogP contribution is -2.23. The molecular weight excluding hydrogens is 392 g/mol. The first kappa shape index (κ1) is 18.0. The lowest BCUT2D eigenvalue weighted by atomic mass is 10.1. The van der Waals surface area contributed by atoms with Crippen LogP contribution in [0.25, 0.3) is 10.9 Å². The fourth-order valence-corrected chi connectivity index (χ4v) is 2.91. The second-order valence-electron chi connectivity index (χ2n) is 6.04. The Morgan fingerprint density at radius 3 is 2.69 bits per heavy atom. The van der Waals surface area contributed by atoms with Crippen LogP contribution in [0, 0.1) is 11.3 Å². The molecule has 2 aromatic carbocycles. The summed E-state index contributed by atoms with van der Waals surface area (Å²) in [6, 6.07) is 14.6. The van der Waals surface area contributed by atoms with E-state index in [1.807, 2.05) is 19.1 Å². The largest absolute Gasteiger partial charge is 0.282 e. The maximum absolute atomic E-state index is 13.0. The van der Waals surface area contributed by atoms with Crippen LogP contribution in [0.5, 0.6) is 0 Å². The number of nitrogens with zero attached hydrogens (tertiary/aromatic N) is 4. The van der Waals surface area contributed by atoms with Gasteiger partial charge in [-0.2, -0.15) is 15.0 Å². The highest BCUT2D eigenvalue weighted by atomic mass is 79.9. The Morgan fingerprint density at radius 2 is 2.04 bits per heavy atom. The molecule has 3 rings (SSSR count). The number of fused-ring (bicyclic) bond motifs is 1. The summed E-state index contributed by atoms with van der Waals surface area (Å²) in [6.07, 6.45) is 2.46. The highest BCUT2D eigenvalue weighted by Crippen LogP contribution is 2.20. The van der Waals surface area contributed by atoms with Crippen LogP contribution < -0.4 is 5.56 Å². The van der Waals surface area contributed by atoms with Gasteiger partial charge < -0.3 is 0 Å². The van der Waals surface area contributed by atoms with Crippen molar-refractivity contribution >= 4 is 33.0 Å². The van der Waals surface area contributed by atoms with Gasteiger partial charge >= 0.3 is 0 Å². The monoisotopic (exact) mass is 408 g/mol. The Hall–Kier alpha value is -2.78. The first-order valence-electron chi connectivity index (χ1n) is 8.30. The molecule has 0 N–H and O–H groups in total. The average Bonchev–Trinajstić information content (AvgIpc) is 2.67. The Kier molecular flexibility index (Phi) is 5.29. The zero-order valence-electron chi connectivity index (χ0n) is 14.5. The van der Waals surface area contributed by atoms with Crippen LogP contribution in [0.3, 0.4) is 0 Å². The molecular formula is C20H17BrN4O. The third-order valence-electron chi connectivity index (χ3n) is 4.25. The van der Waals surface area contributed by atoms with Crippen LogP contribution in [0.1, 0.15) is 43.1 Å². The second-order valence-corrected chi connectivity index (χ2v) is 6.95. The summed E-state index contributed by atoms with van der Waals surface area (Å²) in [4.78, 5) is 17.7. The van der Waals surface area contributed by atoms with Crippen molar-refractivity contribution < 1.29 is 0 Å². The summed E-state index contributed by atoms with van der Waals surface area (Å²) in [6.45, 7) is 4.08. The molecule has 1 heterocycles. The SMILES string of the molecule is CC[C@H](C)c1nc2ccc(Br)cc2c(=O)n1N=Cc1ccc(C#N)cc1. The number of rotatable bonds is 4. The number of aromatic nitrogens is 2. The summed E-state index contributed by atoms with van der Waals surface area (Å²) < 4.78 is 2.20. The number of benzene rings is 2. The Bertz CT molecular complexity index is 1080. The van der Waals surface area contributed by atoms with Crippen molar-refractivity contribution in [3.05, 3.63) is 74.2 Å². The van der Waals surface area contributed by atoms with E-state index in [0.29, 0.717) is 22.3 Å². The molecule has 0 spiro atoms. The zero-order chi connectivity index (χ0) is 18.7. The lowest BCUT2D eigenvalue weighted by molar-refractivity contribution is 0.613. The highest BCUT2D eigenvalue weighted by Gasteiger charge is 2.15. The molecule has 1 atom stereocenters. The molecule has 6 heteroatoms. The van der Waals surface area contributed by atoms with E-state index >= 15 is 0 Å². The van der Waals surface area contributed by atoms with Gasteiger partial charge in [0, 0.05) is 10.4 Å². The molecule has 130 valence electrons. The third kappa shape index (κ3) is 3.58. The van der Waals surface area contributed by atoms with Crippen molar-refractivity contribution in [2.45, 2.75) is 26.2 Å². The Morgan fingerprint density at radius 1 is 1.31 bits per heavy atom. The van der Waals surface area contributed by atoms with Gasteiger partial charge in [-0.25, -0.2) is 4.98 Å². The molecule has 0 unspecified atom stereocenters. The molecule has 0 saturated carbocycles. The maximum Gasteiger partial charge on any atom is 0.282 e.